The van der Waals surface area contributed by atoms with Crippen molar-refractivity contribution in [1.29, 1.82) is 5.26 Å². The van der Waals surface area contributed by atoms with E-state index in [1.54, 1.807) is 30.3 Å². The Hall–Kier alpha value is -3.29. The Kier molecular flexibility index (Phi) is 6.89. The van der Waals surface area contributed by atoms with Gasteiger partial charge < -0.3 is 10.1 Å². The highest BCUT2D eigenvalue weighted by atomic mass is 35.5. The van der Waals surface area contributed by atoms with E-state index in [-0.39, 0.29) is 5.57 Å². The zero-order valence-electron chi connectivity index (χ0n) is 16.1. The first-order valence-corrected chi connectivity index (χ1v) is 9.83. The zero-order chi connectivity index (χ0) is 20.6. The van der Waals surface area contributed by atoms with Gasteiger partial charge in [-0.3, -0.25) is 4.79 Å². The van der Waals surface area contributed by atoms with Gasteiger partial charge in [-0.2, -0.15) is 5.26 Å². The number of nitriles is 1. The van der Waals surface area contributed by atoms with Crippen molar-refractivity contribution in [3.63, 3.8) is 0 Å². The van der Waals surface area contributed by atoms with Crippen LogP contribution in [0.2, 0.25) is 5.02 Å². The summed E-state index contributed by atoms with van der Waals surface area (Å²) in [5.41, 5.74) is 1.29. The van der Waals surface area contributed by atoms with E-state index in [1.807, 2.05) is 42.5 Å². The molecule has 146 valence electrons. The van der Waals surface area contributed by atoms with Gasteiger partial charge in [0.25, 0.3) is 5.91 Å². The van der Waals surface area contributed by atoms with Gasteiger partial charge in [0, 0.05) is 16.3 Å². The van der Waals surface area contributed by atoms with E-state index in [0.717, 1.165) is 29.2 Å². The maximum Gasteiger partial charge on any atom is 0.266 e. The van der Waals surface area contributed by atoms with Gasteiger partial charge in [0.1, 0.15) is 17.4 Å². The molecule has 3 aromatic carbocycles. The van der Waals surface area contributed by atoms with E-state index in [2.05, 4.69) is 12.2 Å². The number of anilines is 1. The molecule has 0 heterocycles. The fourth-order valence-corrected chi connectivity index (χ4v) is 3.03. The molecule has 29 heavy (non-hydrogen) atoms. The highest BCUT2D eigenvalue weighted by Crippen LogP contribution is 2.30. The Bertz CT molecular complexity index is 1080. The van der Waals surface area contributed by atoms with Crippen LogP contribution in [-0.2, 0) is 4.79 Å². The molecule has 0 radical (unpaired) electrons. The largest absolute Gasteiger partial charge is 0.493 e. The Morgan fingerprint density at radius 1 is 1.14 bits per heavy atom. The molecule has 1 N–H and O–H groups in total. The first-order chi connectivity index (χ1) is 14.1. The third kappa shape index (κ3) is 5.16. The monoisotopic (exact) mass is 404 g/mol. The minimum atomic E-state index is -0.484. The highest BCUT2D eigenvalue weighted by Gasteiger charge is 2.14. The maximum absolute atomic E-state index is 12.7. The summed E-state index contributed by atoms with van der Waals surface area (Å²) >= 11 is 5.88. The summed E-state index contributed by atoms with van der Waals surface area (Å²) in [4.78, 5) is 12.7. The Labute approximate surface area is 175 Å². The van der Waals surface area contributed by atoms with Gasteiger partial charge in [0.05, 0.1) is 6.61 Å². The second-order valence-electron chi connectivity index (χ2n) is 6.53. The van der Waals surface area contributed by atoms with Crippen LogP contribution in [0.4, 0.5) is 5.69 Å². The first kappa shape index (κ1) is 20.4. The lowest BCUT2D eigenvalue weighted by molar-refractivity contribution is -0.112. The van der Waals surface area contributed by atoms with Crippen LogP contribution in [-0.4, -0.2) is 12.5 Å². The van der Waals surface area contributed by atoms with Gasteiger partial charge >= 0.3 is 0 Å². The third-order valence-electron chi connectivity index (χ3n) is 4.44. The molecule has 0 saturated carbocycles. The van der Waals surface area contributed by atoms with Crippen molar-refractivity contribution < 1.29 is 9.53 Å². The summed E-state index contributed by atoms with van der Waals surface area (Å²) in [6.07, 6.45) is 3.54. The SMILES string of the molecule is CCCCOc1ccc2ccccc2c1C=C(C#N)C(=O)Nc1ccc(Cl)cc1. The fraction of sp³-hybridized carbons (Fsp3) is 0.167. The molecule has 0 saturated heterocycles. The lowest BCUT2D eigenvalue weighted by Gasteiger charge is -2.12. The number of ether oxygens (including phenoxy) is 1. The van der Waals surface area contributed by atoms with Gasteiger partial charge in [-0.25, -0.2) is 0 Å². The molecule has 0 aliphatic heterocycles. The molecule has 0 aliphatic carbocycles. The standard InChI is InChI=1S/C24H21ClN2O2/c1-2-3-14-29-23-13-8-17-6-4-5-7-21(17)22(23)15-18(16-26)24(28)27-20-11-9-19(25)10-12-20/h4-13,15H,2-3,14H2,1H3,(H,27,28). The fourth-order valence-electron chi connectivity index (χ4n) is 2.90. The van der Waals surface area contributed by atoms with Crippen LogP contribution in [0.1, 0.15) is 25.3 Å². The molecular formula is C24H21ClN2O2. The van der Waals surface area contributed by atoms with Gasteiger partial charge in [-0.1, -0.05) is 55.3 Å². The second kappa shape index (κ2) is 9.77. The Morgan fingerprint density at radius 3 is 2.62 bits per heavy atom. The van der Waals surface area contributed by atoms with Gasteiger partial charge in [-0.05, 0) is 53.6 Å². The number of fused-ring (bicyclic) bond motifs is 1. The van der Waals surface area contributed by atoms with Crippen LogP contribution < -0.4 is 10.1 Å². The quantitative estimate of drug-likeness (QED) is 0.289. The number of benzene rings is 3. The molecule has 0 spiro atoms. The van der Waals surface area contributed by atoms with Crippen LogP contribution in [0.3, 0.4) is 0 Å². The molecular weight excluding hydrogens is 384 g/mol. The van der Waals surface area contributed by atoms with Crippen LogP contribution in [0.15, 0.2) is 66.2 Å². The Morgan fingerprint density at radius 2 is 1.90 bits per heavy atom. The second-order valence-corrected chi connectivity index (χ2v) is 6.97. The zero-order valence-corrected chi connectivity index (χ0v) is 16.9. The molecule has 3 rings (SSSR count). The number of hydrogen-bond acceptors (Lipinski definition) is 3. The number of amides is 1. The van der Waals surface area contributed by atoms with Crippen molar-refractivity contribution in [3.8, 4) is 11.8 Å². The van der Waals surface area contributed by atoms with Gasteiger partial charge in [-0.15, -0.1) is 0 Å². The predicted octanol–water partition coefficient (Wildman–Crippen LogP) is 6.22. The van der Waals surface area contributed by atoms with E-state index in [1.165, 1.54) is 0 Å². The average Bonchev–Trinajstić information content (AvgIpc) is 2.74. The summed E-state index contributed by atoms with van der Waals surface area (Å²) < 4.78 is 5.94. The van der Waals surface area contributed by atoms with Crippen LogP contribution in [0.5, 0.6) is 5.75 Å². The summed E-state index contributed by atoms with van der Waals surface area (Å²) in [5, 5.41) is 14.9. The summed E-state index contributed by atoms with van der Waals surface area (Å²) in [6.45, 7) is 2.67. The minimum absolute atomic E-state index is 0.00311. The molecule has 0 aliphatic rings. The van der Waals surface area contributed by atoms with E-state index < -0.39 is 5.91 Å². The van der Waals surface area contributed by atoms with E-state index in [4.69, 9.17) is 16.3 Å². The number of halogens is 1. The van der Waals surface area contributed by atoms with Crippen molar-refractivity contribution in [3.05, 3.63) is 76.8 Å². The first-order valence-electron chi connectivity index (χ1n) is 9.45. The highest BCUT2D eigenvalue weighted by molar-refractivity contribution is 6.30. The van der Waals surface area contributed by atoms with Gasteiger partial charge in [0.15, 0.2) is 0 Å². The molecule has 3 aromatic rings. The molecule has 1 amide bonds. The van der Waals surface area contributed by atoms with Crippen molar-refractivity contribution in [2.75, 3.05) is 11.9 Å². The lowest BCUT2D eigenvalue weighted by atomic mass is 10.0. The van der Waals surface area contributed by atoms with Crippen molar-refractivity contribution >= 4 is 40.0 Å². The summed E-state index contributed by atoms with van der Waals surface area (Å²) in [5.74, 6) is 0.173. The number of carbonyl (C=O) groups excluding carboxylic acids is 1. The van der Waals surface area contributed by atoms with Crippen molar-refractivity contribution in [2.24, 2.45) is 0 Å². The molecule has 0 bridgehead atoms. The molecule has 0 atom stereocenters. The minimum Gasteiger partial charge on any atom is -0.493 e. The van der Waals surface area contributed by atoms with Crippen molar-refractivity contribution in [1.82, 2.24) is 0 Å². The van der Waals surface area contributed by atoms with Gasteiger partial charge in [0.2, 0.25) is 0 Å². The van der Waals surface area contributed by atoms with E-state index in [0.29, 0.717) is 23.1 Å². The summed E-state index contributed by atoms with van der Waals surface area (Å²) in [7, 11) is 0. The molecule has 4 nitrogen and oxygen atoms in total. The van der Waals surface area contributed by atoms with Crippen molar-refractivity contribution in [2.45, 2.75) is 19.8 Å². The number of nitrogens with one attached hydrogen (secondary N) is 1. The van der Waals surface area contributed by atoms with Crippen LogP contribution >= 0.6 is 11.6 Å². The number of hydrogen-bond donors (Lipinski definition) is 1. The number of unbranched alkanes of at least 4 members (excludes halogenated alkanes) is 1. The van der Waals surface area contributed by atoms with Crippen LogP contribution in [0.25, 0.3) is 16.8 Å². The van der Waals surface area contributed by atoms with Crippen LogP contribution in [0, 0.1) is 11.3 Å². The van der Waals surface area contributed by atoms with E-state index in [9.17, 15) is 10.1 Å². The summed E-state index contributed by atoms with van der Waals surface area (Å²) in [6, 6.07) is 20.4. The smallest absolute Gasteiger partial charge is 0.266 e. The third-order valence-corrected chi connectivity index (χ3v) is 4.69. The average molecular weight is 405 g/mol. The maximum atomic E-state index is 12.7. The molecule has 0 aromatic heterocycles. The molecule has 0 unspecified atom stereocenters. The van der Waals surface area contributed by atoms with E-state index >= 15 is 0 Å². The lowest BCUT2D eigenvalue weighted by Crippen LogP contribution is -2.13. The number of nitrogens with zero attached hydrogens (tertiary/aromatic N) is 1. The normalized spacial score (nSPS) is 11.1. The molecule has 0 fully saturated rings. The number of rotatable bonds is 7. The Balaban J connectivity index is 1.98. The molecule has 5 heteroatoms. The predicted molar refractivity (Wildman–Crippen MR) is 118 cm³/mol. The number of carbonyl (C=O) groups is 1. The topological polar surface area (TPSA) is 62.1 Å².